The van der Waals surface area contributed by atoms with Crippen molar-refractivity contribution in [1.82, 2.24) is 4.98 Å². The summed E-state index contributed by atoms with van der Waals surface area (Å²) in [6.07, 6.45) is 3.13. The highest BCUT2D eigenvalue weighted by Crippen LogP contribution is 2.35. The van der Waals surface area contributed by atoms with E-state index in [0.717, 1.165) is 0 Å². The lowest BCUT2D eigenvalue weighted by Gasteiger charge is -2.13. The van der Waals surface area contributed by atoms with Gasteiger partial charge in [-0.2, -0.15) is 0 Å². The van der Waals surface area contributed by atoms with E-state index in [1.165, 1.54) is 46.6 Å². The summed E-state index contributed by atoms with van der Waals surface area (Å²) < 4.78 is 20.9. The lowest BCUT2D eigenvalue weighted by molar-refractivity contribution is -0.148. The summed E-state index contributed by atoms with van der Waals surface area (Å²) in [5.41, 5.74) is 0.897. The first-order valence-electron chi connectivity index (χ1n) is 8.49. The summed E-state index contributed by atoms with van der Waals surface area (Å²) in [5, 5.41) is 2.69. The van der Waals surface area contributed by atoms with Crippen LogP contribution in [0.15, 0.2) is 36.5 Å². The Labute approximate surface area is 173 Å². The molecule has 1 heterocycles. The van der Waals surface area contributed by atoms with Crippen LogP contribution in [0.2, 0.25) is 5.15 Å². The van der Waals surface area contributed by atoms with Crippen LogP contribution >= 0.6 is 11.6 Å². The van der Waals surface area contributed by atoms with E-state index in [-0.39, 0.29) is 5.15 Å². The predicted molar refractivity (Wildman–Crippen MR) is 109 cm³/mol. The van der Waals surface area contributed by atoms with Crippen molar-refractivity contribution in [2.24, 2.45) is 0 Å². The van der Waals surface area contributed by atoms with Gasteiger partial charge in [-0.15, -0.1) is 0 Å². The van der Waals surface area contributed by atoms with Gasteiger partial charge in [0.2, 0.25) is 0 Å². The van der Waals surface area contributed by atoms with Crippen LogP contribution in [0.3, 0.4) is 0 Å². The van der Waals surface area contributed by atoms with E-state index in [0.29, 0.717) is 28.5 Å². The third-order valence-corrected chi connectivity index (χ3v) is 4.12. The van der Waals surface area contributed by atoms with Crippen molar-refractivity contribution in [2.75, 3.05) is 26.6 Å². The highest BCUT2D eigenvalue weighted by Gasteiger charge is 2.18. The summed E-state index contributed by atoms with van der Waals surface area (Å²) in [7, 11) is 4.50. The quantitative estimate of drug-likeness (QED) is 0.397. The number of benzene rings is 1. The second-order valence-electron chi connectivity index (χ2n) is 5.69. The highest BCUT2D eigenvalue weighted by atomic mass is 35.5. The average molecular weight is 421 g/mol. The Bertz CT molecular complexity index is 916. The van der Waals surface area contributed by atoms with Crippen molar-refractivity contribution in [1.29, 1.82) is 0 Å². The van der Waals surface area contributed by atoms with E-state index in [2.05, 4.69) is 10.3 Å². The number of nitrogens with zero attached hydrogens (tertiary/aromatic N) is 1. The summed E-state index contributed by atoms with van der Waals surface area (Å²) in [6.45, 7) is 1.45. The predicted octanol–water partition coefficient (Wildman–Crippen LogP) is 3.34. The number of pyridine rings is 1. The molecule has 9 heteroatoms. The largest absolute Gasteiger partial charge is 0.496 e. The van der Waals surface area contributed by atoms with Crippen molar-refractivity contribution in [3.8, 4) is 17.2 Å². The van der Waals surface area contributed by atoms with Crippen LogP contribution in [-0.4, -0.2) is 44.3 Å². The van der Waals surface area contributed by atoms with Crippen LogP contribution in [0, 0.1) is 0 Å². The van der Waals surface area contributed by atoms with Gasteiger partial charge in [-0.05, 0) is 31.2 Å². The number of methoxy groups -OCH3 is 3. The van der Waals surface area contributed by atoms with Crippen LogP contribution < -0.4 is 19.5 Å². The van der Waals surface area contributed by atoms with Gasteiger partial charge in [0, 0.05) is 23.9 Å². The van der Waals surface area contributed by atoms with Gasteiger partial charge in [-0.25, -0.2) is 9.78 Å². The molecule has 2 aromatic rings. The van der Waals surface area contributed by atoms with Gasteiger partial charge in [0.25, 0.3) is 5.91 Å². The number of carbonyl (C=O) groups is 2. The smallest absolute Gasteiger partial charge is 0.331 e. The molecule has 0 aliphatic carbocycles. The summed E-state index contributed by atoms with van der Waals surface area (Å²) in [6, 6.07) is 6.50. The monoisotopic (exact) mass is 420 g/mol. The molecular weight excluding hydrogens is 400 g/mol. The number of anilines is 1. The van der Waals surface area contributed by atoms with E-state index >= 15 is 0 Å². The molecule has 2 rings (SSSR count). The maximum atomic E-state index is 12.2. The van der Waals surface area contributed by atoms with Crippen LogP contribution in [-0.2, 0) is 14.3 Å². The van der Waals surface area contributed by atoms with E-state index in [4.69, 9.17) is 30.5 Å². The Balaban J connectivity index is 2.05. The number of rotatable bonds is 8. The second kappa shape index (κ2) is 10.3. The molecule has 0 aliphatic rings. The number of esters is 1. The molecule has 1 N–H and O–H groups in total. The van der Waals surface area contributed by atoms with Crippen molar-refractivity contribution in [3.05, 3.63) is 47.3 Å². The highest BCUT2D eigenvalue weighted by molar-refractivity contribution is 6.32. The SMILES string of the molecule is COc1cc(OC)c(OC)cc1/C=C/C(=O)O[C@@H](C)C(=O)Nc1cccnc1Cl. The van der Waals surface area contributed by atoms with Gasteiger partial charge in [0.15, 0.2) is 22.8 Å². The Hall–Kier alpha value is -3.26. The molecule has 1 aromatic heterocycles. The third kappa shape index (κ3) is 5.86. The zero-order valence-corrected chi connectivity index (χ0v) is 17.1. The fourth-order valence-electron chi connectivity index (χ4n) is 2.32. The molecular formula is C20H21ClN2O6. The minimum absolute atomic E-state index is 0.139. The lowest BCUT2D eigenvalue weighted by atomic mass is 10.1. The minimum atomic E-state index is -1.05. The molecule has 1 aromatic carbocycles. The molecule has 1 amide bonds. The number of hydrogen-bond donors (Lipinski definition) is 1. The molecule has 154 valence electrons. The second-order valence-corrected chi connectivity index (χ2v) is 6.05. The van der Waals surface area contributed by atoms with Crippen molar-refractivity contribution >= 4 is 35.2 Å². The van der Waals surface area contributed by atoms with Gasteiger partial charge in [-0.1, -0.05) is 11.6 Å². The van der Waals surface area contributed by atoms with Crippen LogP contribution in [0.5, 0.6) is 17.2 Å². The van der Waals surface area contributed by atoms with Gasteiger partial charge in [0.1, 0.15) is 5.75 Å². The number of carbonyl (C=O) groups excluding carboxylic acids is 2. The first kappa shape index (κ1) is 22.0. The van der Waals surface area contributed by atoms with Crippen LogP contribution in [0.4, 0.5) is 5.69 Å². The first-order chi connectivity index (χ1) is 13.9. The molecule has 8 nitrogen and oxygen atoms in total. The topological polar surface area (TPSA) is 96.0 Å². The molecule has 0 aliphatic heterocycles. The molecule has 29 heavy (non-hydrogen) atoms. The molecule has 0 bridgehead atoms. The number of nitrogens with one attached hydrogen (secondary N) is 1. The van der Waals surface area contributed by atoms with Crippen LogP contribution in [0.25, 0.3) is 6.08 Å². The van der Waals surface area contributed by atoms with Gasteiger partial charge >= 0.3 is 5.97 Å². The normalized spacial score (nSPS) is 11.6. The maximum absolute atomic E-state index is 12.2. The lowest BCUT2D eigenvalue weighted by Crippen LogP contribution is -2.29. The average Bonchev–Trinajstić information content (AvgIpc) is 2.72. The minimum Gasteiger partial charge on any atom is -0.496 e. The molecule has 1 atom stereocenters. The van der Waals surface area contributed by atoms with Crippen molar-refractivity contribution in [2.45, 2.75) is 13.0 Å². The van der Waals surface area contributed by atoms with Crippen molar-refractivity contribution in [3.63, 3.8) is 0 Å². The number of ether oxygens (including phenoxy) is 4. The molecule has 0 spiro atoms. The van der Waals surface area contributed by atoms with Crippen molar-refractivity contribution < 1.29 is 28.5 Å². The van der Waals surface area contributed by atoms with E-state index in [1.807, 2.05) is 0 Å². The summed E-state index contributed by atoms with van der Waals surface area (Å²) >= 11 is 5.90. The Kier molecular flexibility index (Phi) is 7.85. The zero-order chi connectivity index (χ0) is 21.4. The van der Waals surface area contributed by atoms with Gasteiger partial charge in [-0.3, -0.25) is 4.79 Å². The number of halogens is 1. The Morgan fingerprint density at radius 2 is 1.76 bits per heavy atom. The standard InChI is InChI=1S/C20H21ClN2O6/c1-12(20(25)23-14-6-5-9-22-19(14)21)29-18(24)8-7-13-10-16(27-3)17(28-4)11-15(13)26-2/h5-12H,1-4H3,(H,23,25)/b8-7+/t12-/m0/s1. The Morgan fingerprint density at radius 1 is 1.10 bits per heavy atom. The van der Waals surface area contributed by atoms with Gasteiger partial charge in [0.05, 0.1) is 27.0 Å². The van der Waals surface area contributed by atoms with E-state index in [1.54, 1.807) is 24.3 Å². The Morgan fingerprint density at radius 3 is 2.38 bits per heavy atom. The molecule has 0 saturated carbocycles. The fourth-order valence-corrected chi connectivity index (χ4v) is 2.49. The summed E-state index contributed by atoms with van der Waals surface area (Å²) in [5.74, 6) is 0.196. The van der Waals surface area contributed by atoms with E-state index < -0.39 is 18.0 Å². The first-order valence-corrected chi connectivity index (χ1v) is 8.87. The molecule has 0 unspecified atom stereocenters. The molecule has 0 saturated heterocycles. The fraction of sp³-hybridized carbons (Fsp3) is 0.250. The molecule has 0 fully saturated rings. The third-order valence-electron chi connectivity index (χ3n) is 3.81. The number of amides is 1. The zero-order valence-electron chi connectivity index (χ0n) is 16.4. The maximum Gasteiger partial charge on any atom is 0.331 e. The van der Waals surface area contributed by atoms with Crippen LogP contribution in [0.1, 0.15) is 12.5 Å². The van der Waals surface area contributed by atoms with Gasteiger partial charge < -0.3 is 24.3 Å². The number of aromatic nitrogens is 1. The summed E-state index contributed by atoms with van der Waals surface area (Å²) in [4.78, 5) is 28.1. The number of hydrogen-bond acceptors (Lipinski definition) is 7. The van der Waals surface area contributed by atoms with E-state index in [9.17, 15) is 9.59 Å². The molecule has 0 radical (unpaired) electrons.